The molecule has 2 aromatic carbocycles. The van der Waals surface area contributed by atoms with Gasteiger partial charge in [0.2, 0.25) is 5.60 Å². The first-order valence-corrected chi connectivity index (χ1v) is 6.57. The number of hydrogen-bond donors (Lipinski definition) is 1. The Balaban J connectivity index is 2.01. The number of halogens is 2. The van der Waals surface area contributed by atoms with Crippen LogP contribution in [0.2, 0.25) is 0 Å². The van der Waals surface area contributed by atoms with Crippen LogP contribution < -0.4 is 4.74 Å². The van der Waals surface area contributed by atoms with E-state index in [1.807, 2.05) is 19.1 Å². The van der Waals surface area contributed by atoms with E-state index in [1.54, 1.807) is 24.3 Å². The topological polar surface area (TPSA) is 29.5 Å². The van der Waals surface area contributed by atoms with Gasteiger partial charge in [-0.2, -0.15) is 8.78 Å². The minimum Gasteiger partial charge on any atom is -0.429 e. The molecule has 4 heteroatoms. The molecular weight excluding hydrogens is 274 g/mol. The maximum absolute atomic E-state index is 14.0. The fourth-order valence-electron chi connectivity index (χ4n) is 2.32. The second-order valence-corrected chi connectivity index (χ2v) is 5.13. The fourth-order valence-corrected chi connectivity index (χ4v) is 2.32. The highest BCUT2D eigenvalue weighted by atomic mass is 19.3. The molecule has 2 nitrogen and oxygen atoms in total. The van der Waals surface area contributed by atoms with Crippen molar-refractivity contribution in [2.45, 2.75) is 18.6 Å². The smallest absolute Gasteiger partial charge is 0.429 e. The number of para-hydroxylation sites is 1. The second kappa shape index (κ2) is 4.67. The van der Waals surface area contributed by atoms with E-state index in [-0.39, 0.29) is 11.3 Å². The second-order valence-electron chi connectivity index (χ2n) is 5.13. The van der Waals surface area contributed by atoms with Crippen molar-refractivity contribution in [2.75, 3.05) is 0 Å². The Labute approximate surface area is 121 Å². The molecule has 0 aliphatic carbocycles. The summed E-state index contributed by atoms with van der Waals surface area (Å²) in [6.45, 7) is 1.94. The highest BCUT2D eigenvalue weighted by molar-refractivity contribution is 5.55. The largest absolute Gasteiger partial charge is 0.435 e. The molecular formula is C17H14F2O2. The number of fused-ring (bicyclic) bond motifs is 1. The molecule has 0 saturated carbocycles. The molecule has 1 N–H and O–H groups in total. The zero-order valence-corrected chi connectivity index (χ0v) is 11.4. The predicted octanol–water partition coefficient (Wildman–Crippen LogP) is 3.88. The first-order valence-electron chi connectivity index (χ1n) is 6.57. The van der Waals surface area contributed by atoms with E-state index in [9.17, 15) is 13.9 Å². The third-order valence-electron chi connectivity index (χ3n) is 3.57. The van der Waals surface area contributed by atoms with Crippen molar-refractivity contribution in [1.82, 2.24) is 0 Å². The average molecular weight is 288 g/mol. The monoisotopic (exact) mass is 288 g/mol. The number of ether oxygens (including phenoxy) is 1. The summed E-state index contributed by atoms with van der Waals surface area (Å²) in [6, 6.07) is 13.4. The van der Waals surface area contributed by atoms with Crippen LogP contribution in [0, 0.1) is 6.92 Å². The van der Waals surface area contributed by atoms with Crippen LogP contribution in [0.25, 0.3) is 6.08 Å². The third-order valence-corrected chi connectivity index (χ3v) is 3.57. The summed E-state index contributed by atoms with van der Waals surface area (Å²) in [6.07, 6.45) is -1.14. The van der Waals surface area contributed by atoms with Crippen LogP contribution in [0.1, 0.15) is 16.7 Å². The molecule has 0 bridgehead atoms. The van der Waals surface area contributed by atoms with Gasteiger partial charge in [-0.15, -0.1) is 0 Å². The highest BCUT2D eigenvalue weighted by Gasteiger charge is 2.61. The average Bonchev–Trinajstić information content (AvgIpc) is 2.66. The minimum absolute atomic E-state index is 0.00134. The lowest BCUT2D eigenvalue weighted by atomic mass is 9.93. The Morgan fingerprint density at radius 2 is 1.71 bits per heavy atom. The molecule has 3 rings (SSSR count). The number of aryl methyl sites for hydroxylation is 1. The molecule has 0 amide bonds. The SMILES string of the molecule is Cc1ccc(C=CC2(O)c3ccccc3OC2(F)F)cc1. The van der Waals surface area contributed by atoms with E-state index in [0.717, 1.165) is 17.2 Å². The molecule has 1 atom stereocenters. The van der Waals surface area contributed by atoms with Gasteiger partial charge >= 0.3 is 6.11 Å². The molecule has 1 aliphatic rings. The molecule has 0 radical (unpaired) electrons. The molecule has 0 fully saturated rings. The van der Waals surface area contributed by atoms with Gasteiger partial charge < -0.3 is 9.84 Å². The van der Waals surface area contributed by atoms with Gasteiger partial charge in [-0.25, -0.2) is 0 Å². The third kappa shape index (κ3) is 2.21. The lowest BCUT2D eigenvalue weighted by molar-refractivity contribution is -0.257. The summed E-state index contributed by atoms with van der Waals surface area (Å²) >= 11 is 0. The molecule has 108 valence electrons. The van der Waals surface area contributed by atoms with Crippen molar-refractivity contribution in [2.24, 2.45) is 0 Å². The van der Waals surface area contributed by atoms with E-state index in [2.05, 4.69) is 4.74 Å². The van der Waals surface area contributed by atoms with Crippen LogP contribution in [0.15, 0.2) is 54.6 Å². The van der Waals surface area contributed by atoms with E-state index in [0.29, 0.717) is 0 Å². The Kier molecular flexibility index (Phi) is 3.06. The first kappa shape index (κ1) is 13.8. The Morgan fingerprint density at radius 1 is 1.05 bits per heavy atom. The van der Waals surface area contributed by atoms with Crippen molar-refractivity contribution in [1.29, 1.82) is 0 Å². The molecule has 1 heterocycles. The highest BCUT2D eigenvalue weighted by Crippen LogP contribution is 2.50. The van der Waals surface area contributed by atoms with Gasteiger partial charge in [0, 0.05) is 5.56 Å². The molecule has 2 aromatic rings. The molecule has 0 spiro atoms. The van der Waals surface area contributed by atoms with Crippen LogP contribution in [0.5, 0.6) is 5.75 Å². The fraction of sp³-hybridized carbons (Fsp3) is 0.176. The summed E-state index contributed by atoms with van der Waals surface area (Å²) in [5, 5.41) is 10.4. The van der Waals surface area contributed by atoms with Crippen molar-refractivity contribution < 1.29 is 18.6 Å². The van der Waals surface area contributed by atoms with Crippen molar-refractivity contribution in [3.8, 4) is 5.75 Å². The van der Waals surface area contributed by atoms with E-state index in [1.165, 1.54) is 18.2 Å². The molecule has 1 aliphatic heterocycles. The number of hydrogen-bond acceptors (Lipinski definition) is 2. The minimum atomic E-state index is -3.70. The van der Waals surface area contributed by atoms with Gasteiger partial charge in [0.05, 0.1) is 0 Å². The predicted molar refractivity (Wildman–Crippen MR) is 76.1 cm³/mol. The normalized spacial score (nSPS) is 23.0. The van der Waals surface area contributed by atoms with Crippen LogP contribution in [-0.2, 0) is 5.60 Å². The first-order chi connectivity index (χ1) is 9.92. The Bertz CT molecular complexity index is 692. The van der Waals surface area contributed by atoms with Gasteiger partial charge in [-0.3, -0.25) is 0 Å². The van der Waals surface area contributed by atoms with E-state index >= 15 is 0 Å². The lowest BCUT2D eigenvalue weighted by Crippen LogP contribution is -2.42. The summed E-state index contributed by atoms with van der Waals surface area (Å²) in [5.74, 6) is -0.00134. The van der Waals surface area contributed by atoms with Gasteiger partial charge in [-0.1, -0.05) is 54.1 Å². The lowest BCUT2D eigenvalue weighted by Gasteiger charge is -2.24. The summed E-state index contributed by atoms with van der Waals surface area (Å²) < 4.78 is 32.6. The zero-order valence-electron chi connectivity index (χ0n) is 11.4. The van der Waals surface area contributed by atoms with E-state index in [4.69, 9.17) is 0 Å². The summed E-state index contributed by atoms with van der Waals surface area (Å²) in [5.41, 5.74) is -0.590. The maximum atomic E-state index is 14.0. The Morgan fingerprint density at radius 3 is 2.43 bits per heavy atom. The molecule has 0 saturated heterocycles. The standard InChI is InChI=1S/C17H14F2O2/c1-12-6-8-13(9-7-12)10-11-16(20)14-4-2-3-5-15(14)21-17(16,18)19/h2-11,20H,1H3. The zero-order chi connectivity index (χ0) is 15.1. The molecule has 1 unspecified atom stereocenters. The Hall–Kier alpha value is -2.20. The van der Waals surface area contributed by atoms with Crippen molar-refractivity contribution in [3.05, 3.63) is 71.3 Å². The number of aliphatic hydroxyl groups is 1. The van der Waals surface area contributed by atoms with Gasteiger partial charge in [0.1, 0.15) is 5.75 Å². The van der Waals surface area contributed by atoms with Crippen molar-refractivity contribution in [3.63, 3.8) is 0 Å². The number of alkyl halides is 2. The number of rotatable bonds is 2. The van der Waals surface area contributed by atoms with E-state index < -0.39 is 11.7 Å². The van der Waals surface area contributed by atoms with Crippen LogP contribution >= 0.6 is 0 Å². The summed E-state index contributed by atoms with van der Waals surface area (Å²) in [7, 11) is 0. The van der Waals surface area contributed by atoms with Crippen LogP contribution in [0.3, 0.4) is 0 Å². The maximum Gasteiger partial charge on any atom is 0.435 e. The summed E-state index contributed by atoms with van der Waals surface area (Å²) in [4.78, 5) is 0. The van der Waals surface area contributed by atoms with Crippen LogP contribution in [0.4, 0.5) is 8.78 Å². The van der Waals surface area contributed by atoms with Gasteiger partial charge in [0.15, 0.2) is 0 Å². The quantitative estimate of drug-likeness (QED) is 0.908. The molecule has 21 heavy (non-hydrogen) atoms. The van der Waals surface area contributed by atoms with Crippen molar-refractivity contribution >= 4 is 6.08 Å². The number of benzene rings is 2. The van der Waals surface area contributed by atoms with Crippen LogP contribution in [-0.4, -0.2) is 11.2 Å². The molecule has 0 aromatic heterocycles. The van der Waals surface area contributed by atoms with Gasteiger partial charge in [-0.05, 0) is 24.6 Å². The van der Waals surface area contributed by atoms with Gasteiger partial charge in [0.25, 0.3) is 0 Å².